The maximum absolute atomic E-state index is 12.5. The van der Waals surface area contributed by atoms with Crippen LogP contribution >= 0.6 is 0 Å². The monoisotopic (exact) mass is 779 g/mol. The Bertz CT molecular complexity index is 873. The summed E-state index contributed by atoms with van der Waals surface area (Å²) in [5, 5.41) is 22.2. The zero-order chi connectivity index (χ0) is 40.9. The van der Waals surface area contributed by atoms with Gasteiger partial charge in [-0.2, -0.15) is 0 Å². The lowest BCUT2D eigenvalue weighted by Crippen LogP contribution is -2.48. The molecular weight excluding hydrogens is 689 g/mol. The normalized spacial score (nSPS) is 14.5. The van der Waals surface area contributed by atoms with E-state index in [9.17, 15) is 19.8 Å². The van der Waals surface area contributed by atoms with Gasteiger partial charge < -0.3 is 24.6 Å². The summed E-state index contributed by atoms with van der Waals surface area (Å²) in [6.07, 6.45) is 32.5. The molecular formula is C47H90N2O6. The van der Waals surface area contributed by atoms with Crippen LogP contribution in [0.25, 0.3) is 0 Å². The quantitative estimate of drug-likeness (QED) is 0.0360. The standard InChI is InChI=1S/C47H90N2O6/c1-8-14-17-19-21-27-34-44(11-4)54-46(52)36-29-23-25-32-42(50)39-49(41(7)48(13-6)38-31-16-10-3)40-43(51)33-26-24-30-37-47(53)55-45(12-5)35-28-22-20-18-15-9-2/h13,31,38,41-45,50-51H,6,8-12,14-30,32-37,39-40H2,1-5,7H3/b38-31-. The molecule has 0 radical (unpaired) electrons. The van der Waals surface area contributed by atoms with E-state index >= 15 is 0 Å². The lowest BCUT2D eigenvalue weighted by molar-refractivity contribution is -0.150. The molecule has 2 N–H and O–H groups in total. The molecule has 324 valence electrons. The Morgan fingerprint density at radius 2 is 0.982 bits per heavy atom. The van der Waals surface area contributed by atoms with E-state index in [0.717, 1.165) is 89.9 Å². The Labute approximate surface area is 340 Å². The molecule has 0 saturated carbocycles. The molecule has 0 amide bonds. The average molecular weight is 779 g/mol. The fourth-order valence-corrected chi connectivity index (χ4v) is 7.13. The molecule has 0 aromatic heterocycles. The first-order chi connectivity index (χ1) is 26.6. The second-order valence-corrected chi connectivity index (χ2v) is 16.0. The van der Waals surface area contributed by atoms with E-state index in [0.29, 0.717) is 38.8 Å². The summed E-state index contributed by atoms with van der Waals surface area (Å²) in [7, 11) is 0. The number of aliphatic hydroxyl groups is 2. The number of hydrogen-bond donors (Lipinski definition) is 2. The molecule has 5 atom stereocenters. The molecule has 0 aromatic rings. The molecule has 55 heavy (non-hydrogen) atoms. The summed E-state index contributed by atoms with van der Waals surface area (Å²) in [6, 6.07) is 0. The van der Waals surface area contributed by atoms with Crippen molar-refractivity contribution in [2.24, 2.45) is 0 Å². The number of nitrogens with zero attached hydrogens (tertiary/aromatic N) is 2. The highest BCUT2D eigenvalue weighted by atomic mass is 16.5. The van der Waals surface area contributed by atoms with Crippen molar-refractivity contribution in [2.45, 2.75) is 252 Å². The minimum absolute atomic E-state index is 0.0256. The van der Waals surface area contributed by atoms with Gasteiger partial charge in [0.2, 0.25) is 0 Å². The smallest absolute Gasteiger partial charge is 0.306 e. The summed E-state index contributed by atoms with van der Waals surface area (Å²) in [5.74, 6) is -0.200. The number of ether oxygens (including phenoxy) is 2. The van der Waals surface area contributed by atoms with E-state index < -0.39 is 12.2 Å². The van der Waals surface area contributed by atoms with Crippen LogP contribution in [0.1, 0.15) is 221 Å². The van der Waals surface area contributed by atoms with Crippen molar-refractivity contribution < 1.29 is 29.3 Å². The summed E-state index contributed by atoms with van der Waals surface area (Å²) in [4.78, 5) is 29.2. The maximum Gasteiger partial charge on any atom is 0.306 e. The van der Waals surface area contributed by atoms with Gasteiger partial charge in [-0.25, -0.2) is 0 Å². The van der Waals surface area contributed by atoms with Crippen molar-refractivity contribution in [3.63, 3.8) is 0 Å². The largest absolute Gasteiger partial charge is 0.462 e. The molecule has 0 aliphatic rings. The van der Waals surface area contributed by atoms with Crippen LogP contribution in [0, 0.1) is 0 Å². The molecule has 0 fully saturated rings. The second-order valence-electron chi connectivity index (χ2n) is 16.0. The number of rotatable bonds is 40. The molecule has 0 spiro atoms. The molecule has 0 saturated heterocycles. The van der Waals surface area contributed by atoms with Crippen molar-refractivity contribution in [2.75, 3.05) is 13.1 Å². The topological polar surface area (TPSA) is 99.5 Å². The van der Waals surface area contributed by atoms with Gasteiger partial charge in [0.05, 0.1) is 18.4 Å². The lowest BCUT2D eigenvalue weighted by atomic mass is 10.1. The summed E-state index contributed by atoms with van der Waals surface area (Å²) < 4.78 is 11.5. The van der Waals surface area contributed by atoms with E-state index in [2.05, 4.69) is 59.1 Å². The van der Waals surface area contributed by atoms with Gasteiger partial charge in [0.25, 0.3) is 0 Å². The Kier molecular flexibility index (Phi) is 36.4. The van der Waals surface area contributed by atoms with Crippen LogP contribution in [0.5, 0.6) is 0 Å². The minimum Gasteiger partial charge on any atom is -0.462 e. The van der Waals surface area contributed by atoms with E-state index in [1.807, 2.05) is 11.1 Å². The van der Waals surface area contributed by atoms with Gasteiger partial charge in [-0.1, -0.05) is 144 Å². The molecule has 8 heteroatoms. The number of esters is 2. The van der Waals surface area contributed by atoms with Crippen LogP contribution in [-0.2, 0) is 19.1 Å². The minimum atomic E-state index is -0.547. The molecule has 0 heterocycles. The van der Waals surface area contributed by atoms with Crippen LogP contribution in [-0.4, -0.2) is 75.6 Å². The SMILES string of the molecule is C=CN(/C=C\CCC)C(C)N(CC(O)CCCCCC(=O)OC(CC)CCCCCCCC)CC(O)CCCCCC(=O)OC(CC)CCCCCCCC. The van der Waals surface area contributed by atoms with Gasteiger partial charge >= 0.3 is 11.9 Å². The number of hydrogen-bond acceptors (Lipinski definition) is 8. The van der Waals surface area contributed by atoms with Gasteiger partial charge in [-0.05, 0) is 83.8 Å². The number of unbranched alkanes of at least 4 members (excludes halogenated alkanes) is 15. The Balaban J connectivity index is 4.75. The van der Waals surface area contributed by atoms with Gasteiger partial charge in [0, 0.05) is 32.1 Å². The fourth-order valence-electron chi connectivity index (χ4n) is 7.13. The number of carbonyl (C=O) groups is 2. The predicted molar refractivity (Wildman–Crippen MR) is 232 cm³/mol. The molecule has 0 rings (SSSR count). The van der Waals surface area contributed by atoms with Gasteiger partial charge in [-0.15, -0.1) is 0 Å². The molecule has 0 aliphatic carbocycles. The van der Waals surface area contributed by atoms with E-state index in [1.54, 1.807) is 6.20 Å². The second kappa shape index (κ2) is 37.7. The first-order valence-electron chi connectivity index (χ1n) is 23.2. The van der Waals surface area contributed by atoms with E-state index in [-0.39, 0.29) is 30.3 Å². The van der Waals surface area contributed by atoms with Gasteiger partial charge in [-0.3, -0.25) is 14.5 Å². The Morgan fingerprint density at radius 3 is 1.38 bits per heavy atom. The zero-order valence-electron chi connectivity index (χ0n) is 37.0. The van der Waals surface area contributed by atoms with Crippen molar-refractivity contribution in [3.05, 3.63) is 25.1 Å². The van der Waals surface area contributed by atoms with Crippen LogP contribution in [0.2, 0.25) is 0 Å². The summed E-state index contributed by atoms with van der Waals surface area (Å²) in [5.41, 5.74) is 0. The van der Waals surface area contributed by atoms with Crippen molar-refractivity contribution in [1.82, 2.24) is 9.80 Å². The molecule has 0 aromatic carbocycles. The third-order valence-electron chi connectivity index (χ3n) is 10.9. The van der Waals surface area contributed by atoms with Crippen molar-refractivity contribution in [1.29, 1.82) is 0 Å². The van der Waals surface area contributed by atoms with E-state index in [1.165, 1.54) is 64.2 Å². The third-order valence-corrected chi connectivity index (χ3v) is 10.9. The van der Waals surface area contributed by atoms with Crippen LogP contribution in [0.15, 0.2) is 25.1 Å². The highest BCUT2D eigenvalue weighted by Crippen LogP contribution is 2.18. The summed E-state index contributed by atoms with van der Waals surface area (Å²) in [6.45, 7) is 17.8. The number of carbonyl (C=O) groups excluding carboxylic acids is 2. The van der Waals surface area contributed by atoms with Crippen LogP contribution in [0.3, 0.4) is 0 Å². The fraction of sp³-hybridized carbons (Fsp3) is 0.872. The van der Waals surface area contributed by atoms with E-state index in [4.69, 9.17) is 9.47 Å². The van der Waals surface area contributed by atoms with Gasteiger partial charge in [0.15, 0.2) is 0 Å². The lowest BCUT2D eigenvalue weighted by Gasteiger charge is -2.37. The average Bonchev–Trinajstić information content (AvgIpc) is 3.17. The predicted octanol–water partition coefficient (Wildman–Crippen LogP) is 12.2. The van der Waals surface area contributed by atoms with Crippen LogP contribution in [0.4, 0.5) is 0 Å². The molecule has 0 aliphatic heterocycles. The number of aliphatic hydroxyl groups excluding tert-OH is 2. The first-order valence-corrected chi connectivity index (χ1v) is 23.2. The number of allylic oxidation sites excluding steroid dienone is 1. The summed E-state index contributed by atoms with van der Waals surface area (Å²) >= 11 is 0. The maximum atomic E-state index is 12.5. The van der Waals surface area contributed by atoms with Crippen molar-refractivity contribution >= 4 is 11.9 Å². The Hall–Kier alpha value is -1.90. The zero-order valence-corrected chi connectivity index (χ0v) is 37.0. The Morgan fingerprint density at radius 1 is 0.582 bits per heavy atom. The molecule has 5 unspecified atom stereocenters. The molecule has 8 nitrogen and oxygen atoms in total. The first kappa shape index (κ1) is 53.1. The highest BCUT2D eigenvalue weighted by molar-refractivity contribution is 5.69. The van der Waals surface area contributed by atoms with Crippen molar-refractivity contribution in [3.8, 4) is 0 Å². The van der Waals surface area contributed by atoms with Crippen LogP contribution < -0.4 is 0 Å². The molecule has 0 bridgehead atoms. The third kappa shape index (κ3) is 30.9. The highest BCUT2D eigenvalue weighted by Gasteiger charge is 2.23. The van der Waals surface area contributed by atoms with Gasteiger partial charge in [0.1, 0.15) is 12.2 Å².